The third-order valence-electron chi connectivity index (χ3n) is 4.53. The van der Waals surface area contributed by atoms with E-state index in [1.54, 1.807) is 42.7 Å². The largest absolute Gasteiger partial charge is 0.369 e. The molecule has 6 heteroatoms. The molecule has 2 amide bonds. The Labute approximate surface area is 167 Å². The Morgan fingerprint density at radius 2 is 1.66 bits per heavy atom. The number of carbonyl (C=O) groups is 2. The Kier molecular flexibility index (Phi) is 4.99. The fraction of sp³-hybridized carbons (Fsp3) is 0.0435. The molecule has 0 radical (unpaired) electrons. The highest BCUT2D eigenvalue weighted by molar-refractivity contribution is 6.13. The SMILES string of the molecule is NC(=O)Cc1ccc(NC(=O)c2cc(-c3ccncc3)nc3ccccc23)cc1. The van der Waals surface area contributed by atoms with E-state index in [1.807, 2.05) is 36.4 Å². The van der Waals surface area contributed by atoms with E-state index in [0.717, 1.165) is 22.0 Å². The minimum Gasteiger partial charge on any atom is -0.369 e. The van der Waals surface area contributed by atoms with Crippen LogP contribution in [-0.2, 0) is 11.2 Å². The quantitative estimate of drug-likeness (QED) is 0.551. The predicted molar refractivity (Wildman–Crippen MR) is 112 cm³/mol. The third kappa shape index (κ3) is 4.11. The first-order valence-corrected chi connectivity index (χ1v) is 9.09. The van der Waals surface area contributed by atoms with Crippen LogP contribution in [0.25, 0.3) is 22.2 Å². The van der Waals surface area contributed by atoms with Gasteiger partial charge in [0.25, 0.3) is 5.91 Å². The van der Waals surface area contributed by atoms with Gasteiger partial charge in [-0.1, -0.05) is 30.3 Å². The van der Waals surface area contributed by atoms with Gasteiger partial charge in [-0.05, 0) is 42.0 Å². The van der Waals surface area contributed by atoms with Crippen LogP contribution in [0.5, 0.6) is 0 Å². The fourth-order valence-electron chi connectivity index (χ4n) is 3.14. The zero-order chi connectivity index (χ0) is 20.2. The summed E-state index contributed by atoms with van der Waals surface area (Å²) in [6.45, 7) is 0. The Bertz CT molecular complexity index is 1190. The molecule has 4 rings (SSSR count). The molecule has 0 spiro atoms. The number of anilines is 1. The van der Waals surface area contributed by atoms with Gasteiger partial charge in [0, 0.05) is 29.0 Å². The van der Waals surface area contributed by atoms with E-state index in [1.165, 1.54) is 0 Å². The third-order valence-corrected chi connectivity index (χ3v) is 4.53. The van der Waals surface area contributed by atoms with E-state index in [9.17, 15) is 9.59 Å². The van der Waals surface area contributed by atoms with Crippen LogP contribution in [0.15, 0.2) is 79.1 Å². The van der Waals surface area contributed by atoms with Crippen molar-refractivity contribution in [2.45, 2.75) is 6.42 Å². The van der Waals surface area contributed by atoms with Crippen molar-refractivity contribution in [3.8, 4) is 11.3 Å². The first kappa shape index (κ1) is 18.3. The Balaban J connectivity index is 1.69. The molecule has 0 saturated carbocycles. The minimum absolute atomic E-state index is 0.165. The van der Waals surface area contributed by atoms with Crippen molar-refractivity contribution in [3.05, 3.63) is 90.3 Å². The number of benzene rings is 2. The van der Waals surface area contributed by atoms with Gasteiger partial charge >= 0.3 is 0 Å². The lowest BCUT2D eigenvalue weighted by atomic mass is 10.0. The molecule has 3 N–H and O–H groups in total. The van der Waals surface area contributed by atoms with Gasteiger partial charge < -0.3 is 11.1 Å². The minimum atomic E-state index is -0.395. The lowest BCUT2D eigenvalue weighted by Crippen LogP contribution is -2.14. The molecule has 0 unspecified atom stereocenters. The van der Waals surface area contributed by atoms with Crippen molar-refractivity contribution in [2.24, 2.45) is 5.73 Å². The second kappa shape index (κ2) is 7.90. The van der Waals surface area contributed by atoms with Gasteiger partial charge in [-0.2, -0.15) is 0 Å². The Hall–Kier alpha value is -4.06. The van der Waals surface area contributed by atoms with Crippen molar-refractivity contribution in [3.63, 3.8) is 0 Å². The van der Waals surface area contributed by atoms with Crippen molar-refractivity contribution in [1.29, 1.82) is 0 Å². The van der Waals surface area contributed by atoms with E-state index in [2.05, 4.69) is 15.3 Å². The molecular weight excluding hydrogens is 364 g/mol. The molecule has 0 bridgehead atoms. The van der Waals surface area contributed by atoms with Crippen LogP contribution >= 0.6 is 0 Å². The first-order chi connectivity index (χ1) is 14.1. The zero-order valence-electron chi connectivity index (χ0n) is 15.5. The van der Waals surface area contributed by atoms with E-state index in [4.69, 9.17) is 5.73 Å². The number of nitrogens with two attached hydrogens (primary N) is 1. The summed E-state index contributed by atoms with van der Waals surface area (Å²) in [6.07, 6.45) is 3.55. The number of nitrogens with one attached hydrogen (secondary N) is 1. The van der Waals surface area contributed by atoms with E-state index >= 15 is 0 Å². The molecule has 0 fully saturated rings. The molecule has 0 aliphatic rings. The van der Waals surface area contributed by atoms with E-state index < -0.39 is 5.91 Å². The number of fused-ring (bicyclic) bond motifs is 1. The average Bonchev–Trinajstić information content (AvgIpc) is 2.74. The lowest BCUT2D eigenvalue weighted by molar-refractivity contribution is -0.117. The molecule has 6 nitrogen and oxygen atoms in total. The molecule has 0 aliphatic heterocycles. The van der Waals surface area contributed by atoms with E-state index in [0.29, 0.717) is 16.9 Å². The zero-order valence-corrected chi connectivity index (χ0v) is 15.5. The molecule has 142 valence electrons. The number of rotatable bonds is 5. The summed E-state index contributed by atoms with van der Waals surface area (Å²) in [5, 5.41) is 3.69. The number of primary amides is 1. The normalized spacial score (nSPS) is 10.6. The van der Waals surface area contributed by atoms with Crippen molar-refractivity contribution >= 4 is 28.4 Å². The molecule has 2 aromatic carbocycles. The van der Waals surface area contributed by atoms with E-state index in [-0.39, 0.29) is 12.3 Å². The summed E-state index contributed by atoms with van der Waals surface area (Å²) in [5.41, 5.74) is 9.50. The second-order valence-electron chi connectivity index (χ2n) is 6.60. The van der Waals surface area contributed by atoms with Crippen molar-refractivity contribution in [2.75, 3.05) is 5.32 Å². The van der Waals surface area contributed by atoms with Crippen LogP contribution < -0.4 is 11.1 Å². The maximum atomic E-state index is 13.0. The second-order valence-corrected chi connectivity index (χ2v) is 6.60. The molecule has 0 atom stereocenters. The molecule has 2 aromatic heterocycles. The van der Waals surface area contributed by atoms with Gasteiger partial charge in [-0.15, -0.1) is 0 Å². The first-order valence-electron chi connectivity index (χ1n) is 9.09. The molecule has 4 aromatic rings. The number of hydrogen-bond donors (Lipinski definition) is 2. The maximum absolute atomic E-state index is 13.0. The van der Waals surface area contributed by atoms with Crippen molar-refractivity contribution < 1.29 is 9.59 Å². The lowest BCUT2D eigenvalue weighted by Gasteiger charge is -2.11. The average molecular weight is 382 g/mol. The van der Waals surface area contributed by atoms with Crippen LogP contribution in [0.2, 0.25) is 0 Å². The summed E-state index contributed by atoms with van der Waals surface area (Å²) >= 11 is 0. The van der Waals surface area contributed by atoms with Gasteiger partial charge in [-0.25, -0.2) is 4.98 Å². The van der Waals surface area contributed by atoms with Crippen LogP contribution in [0, 0.1) is 0 Å². The monoisotopic (exact) mass is 382 g/mol. The van der Waals surface area contributed by atoms with Gasteiger partial charge in [0.05, 0.1) is 23.2 Å². The summed E-state index contributed by atoms with van der Waals surface area (Å²) in [4.78, 5) is 32.8. The Morgan fingerprint density at radius 1 is 0.931 bits per heavy atom. The number of nitrogens with zero attached hydrogens (tertiary/aromatic N) is 2. The maximum Gasteiger partial charge on any atom is 0.256 e. The molecule has 2 heterocycles. The number of para-hydroxylation sites is 1. The number of aromatic nitrogens is 2. The Morgan fingerprint density at radius 3 is 2.38 bits per heavy atom. The fourth-order valence-corrected chi connectivity index (χ4v) is 3.14. The highest BCUT2D eigenvalue weighted by Crippen LogP contribution is 2.25. The number of pyridine rings is 2. The molecule has 0 saturated heterocycles. The topological polar surface area (TPSA) is 98.0 Å². The summed E-state index contributed by atoms with van der Waals surface area (Å²) < 4.78 is 0. The molecule has 29 heavy (non-hydrogen) atoms. The number of hydrogen-bond acceptors (Lipinski definition) is 4. The van der Waals surface area contributed by atoms with Gasteiger partial charge in [0.15, 0.2) is 0 Å². The van der Waals surface area contributed by atoms with Crippen LogP contribution in [0.4, 0.5) is 5.69 Å². The summed E-state index contributed by atoms with van der Waals surface area (Å²) in [7, 11) is 0. The van der Waals surface area contributed by atoms with Crippen molar-refractivity contribution in [1.82, 2.24) is 9.97 Å². The van der Waals surface area contributed by atoms with Crippen LogP contribution in [-0.4, -0.2) is 21.8 Å². The van der Waals surface area contributed by atoms with Gasteiger partial charge in [-0.3, -0.25) is 14.6 Å². The summed E-state index contributed by atoms with van der Waals surface area (Å²) in [5.74, 6) is -0.629. The van der Waals surface area contributed by atoms with Gasteiger partial charge in [0.2, 0.25) is 5.91 Å². The molecular formula is C23H18N4O2. The highest BCUT2D eigenvalue weighted by Gasteiger charge is 2.14. The smallest absolute Gasteiger partial charge is 0.256 e. The predicted octanol–water partition coefficient (Wildman–Crippen LogP) is 3.58. The van der Waals surface area contributed by atoms with Crippen LogP contribution in [0.3, 0.4) is 0 Å². The molecule has 0 aliphatic carbocycles. The van der Waals surface area contributed by atoms with Crippen LogP contribution in [0.1, 0.15) is 15.9 Å². The standard InChI is InChI=1S/C23H18N4O2/c24-22(28)13-15-5-7-17(8-6-15)26-23(29)19-14-21(16-9-11-25-12-10-16)27-20-4-2-1-3-18(19)20/h1-12,14H,13H2,(H2,24,28)(H,26,29). The number of carbonyl (C=O) groups excluding carboxylic acids is 2. The summed E-state index contributed by atoms with van der Waals surface area (Å²) in [6, 6.07) is 20.1. The number of amides is 2. The van der Waals surface area contributed by atoms with Gasteiger partial charge in [0.1, 0.15) is 0 Å². The highest BCUT2D eigenvalue weighted by atomic mass is 16.2.